The Labute approximate surface area is 180 Å². The summed E-state index contributed by atoms with van der Waals surface area (Å²) in [4.78, 5) is 28.8. The summed E-state index contributed by atoms with van der Waals surface area (Å²) in [5.74, 6) is 0.266. The van der Waals surface area contributed by atoms with Gasteiger partial charge in [0, 0.05) is 43.9 Å². The van der Waals surface area contributed by atoms with Gasteiger partial charge in [-0.05, 0) is 18.6 Å². The molecule has 3 heterocycles. The summed E-state index contributed by atoms with van der Waals surface area (Å²) in [6.07, 6.45) is 0.657. The molecule has 8 nitrogen and oxygen atoms in total. The zero-order valence-corrected chi connectivity index (χ0v) is 18.0. The molecule has 10 heteroatoms. The minimum absolute atomic E-state index is 0.0452. The third kappa shape index (κ3) is 4.58. The number of carbonyl (C=O) groups excluding carboxylic acids is 1. The molecule has 1 amide bonds. The lowest BCUT2D eigenvalue weighted by Crippen LogP contribution is -2.53. The molecule has 0 N–H and O–H groups in total. The van der Waals surface area contributed by atoms with Crippen molar-refractivity contribution in [3.63, 3.8) is 0 Å². The number of hydrogen-bond acceptors (Lipinski definition) is 6. The van der Waals surface area contributed by atoms with Crippen molar-refractivity contribution in [2.45, 2.75) is 19.0 Å². The number of nitrogens with zero attached hydrogens (tertiary/aromatic N) is 4. The van der Waals surface area contributed by atoms with E-state index >= 15 is 0 Å². The van der Waals surface area contributed by atoms with E-state index in [1.807, 2.05) is 18.2 Å². The lowest BCUT2D eigenvalue weighted by atomic mass is 10.1. The van der Waals surface area contributed by atoms with Crippen LogP contribution >= 0.6 is 11.6 Å². The smallest absolute Gasteiger partial charge is 0.267 e. The largest absolute Gasteiger partial charge is 0.339 e. The molecule has 0 radical (unpaired) electrons. The van der Waals surface area contributed by atoms with E-state index in [0.29, 0.717) is 48.9 Å². The van der Waals surface area contributed by atoms with Crippen LogP contribution in [-0.2, 0) is 21.2 Å². The highest BCUT2D eigenvalue weighted by atomic mass is 35.5. The van der Waals surface area contributed by atoms with Gasteiger partial charge in [0.2, 0.25) is 5.91 Å². The summed E-state index contributed by atoms with van der Waals surface area (Å²) in [5.41, 5.74) is 0.870. The fraction of sp³-hybridized carbons (Fsp3) is 0.450. The van der Waals surface area contributed by atoms with Gasteiger partial charge in [0.15, 0.2) is 9.84 Å². The molecule has 160 valence electrons. The average molecular weight is 451 g/mol. The Morgan fingerprint density at radius 3 is 2.50 bits per heavy atom. The maximum absolute atomic E-state index is 12.8. The van der Waals surface area contributed by atoms with Crippen LogP contribution in [0.25, 0.3) is 11.3 Å². The van der Waals surface area contributed by atoms with Crippen molar-refractivity contribution in [3.05, 3.63) is 51.8 Å². The molecule has 0 saturated carbocycles. The summed E-state index contributed by atoms with van der Waals surface area (Å²) in [7, 11) is -2.93. The number of sulfone groups is 1. The molecule has 1 aromatic carbocycles. The zero-order valence-electron chi connectivity index (χ0n) is 16.4. The molecule has 2 fully saturated rings. The average Bonchev–Trinajstić information content (AvgIpc) is 3.10. The van der Waals surface area contributed by atoms with Crippen molar-refractivity contribution < 1.29 is 13.2 Å². The van der Waals surface area contributed by atoms with Crippen LogP contribution in [0.15, 0.2) is 41.2 Å². The van der Waals surface area contributed by atoms with Gasteiger partial charge in [0.25, 0.3) is 5.56 Å². The maximum Gasteiger partial charge on any atom is 0.267 e. The Morgan fingerprint density at radius 1 is 1.10 bits per heavy atom. The van der Waals surface area contributed by atoms with E-state index in [4.69, 9.17) is 11.6 Å². The van der Waals surface area contributed by atoms with Crippen LogP contribution in [-0.4, -0.2) is 77.6 Å². The van der Waals surface area contributed by atoms with Crippen LogP contribution in [0.3, 0.4) is 0 Å². The molecule has 30 heavy (non-hydrogen) atoms. The molecule has 0 spiro atoms. The van der Waals surface area contributed by atoms with Crippen LogP contribution in [0.5, 0.6) is 0 Å². The van der Waals surface area contributed by atoms with Gasteiger partial charge < -0.3 is 4.90 Å². The Balaban J connectivity index is 1.41. The normalized spacial score (nSPS) is 21.6. The lowest BCUT2D eigenvalue weighted by molar-refractivity contribution is -0.134. The van der Waals surface area contributed by atoms with Gasteiger partial charge >= 0.3 is 0 Å². The van der Waals surface area contributed by atoms with Crippen LogP contribution < -0.4 is 5.56 Å². The van der Waals surface area contributed by atoms with Gasteiger partial charge in [0.05, 0.1) is 22.2 Å². The standard InChI is InChI=1S/C20H23ClN4O4S/c21-17-4-2-1-3-16(17)18-5-6-19(26)25(22-18)13-20(27)24-10-8-23(9-11-24)15-7-12-30(28,29)14-15/h1-6,15H,7-14H2/t15-/m0/s1. The molecule has 2 aliphatic rings. The highest BCUT2D eigenvalue weighted by molar-refractivity contribution is 7.91. The second kappa shape index (κ2) is 8.49. The van der Waals surface area contributed by atoms with E-state index in [2.05, 4.69) is 10.00 Å². The molecular weight excluding hydrogens is 428 g/mol. The highest BCUT2D eigenvalue weighted by Crippen LogP contribution is 2.25. The Kier molecular flexibility index (Phi) is 5.95. The summed E-state index contributed by atoms with van der Waals surface area (Å²) in [6.45, 7) is 2.14. The first-order chi connectivity index (χ1) is 14.3. The van der Waals surface area contributed by atoms with Crippen molar-refractivity contribution >= 4 is 27.3 Å². The quantitative estimate of drug-likeness (QED) is 0.687. The number of benzene rings is 1. The molecular formula is C20H23ClN4O4S. The van der Waals surface area contributed by atoms with Crippen molar-refractivity contribution in [3.8, 4) is 11.3 Å². The predicted octanol–water partition coefficient (Wildman–Crippen LogP) is 0.895. The number of amides is 1. The second-order valence-corrected chi connectivity index (χ2v) is 10.3. The second-order valence-electron chi connectivity index (χ2n) is 7.67. The number of carbonyl (C=O) groups is 1. The third-order valence-corrected chi connectivity index (χ3v) is 7.77. The first-order valence-electron chi connectivity index (χ1n) is 9.88. The van der Waals surface area contributed by atoms with E-state index in [0.717, 1.165) is 4.68 Å². The molecule has 2 saturated heterocycles. The molecule has 1 aromatic heterocycles. The number of aromatic nitrogens is 2. The summed E-state index contributed by atoms with van der Waals surface area (Å²) in [6, 6.07) is 10.2. The van der Waals surface area contributed by atoms with E-state index in [1.54, 1.807) is 17.0 Å². The van der Waals surface area contributed by atoms with Crippen LogP contribution in [0.4, 0.5) is 0 Å². The highest BCUT2D eigenvalue weighted by Gasteiger charge is 2.34. The number of rotatable bonds is 4. The monoisotopic (exact) mass is 450 g/mol. The van der Waals surface area contributed by atoms with E-state index in [1.165, 1.54) is 6.07 Å². The fourth-order valence-corrected chi connectivity index (χ4v) is 6.00. The number of hydrogen-bond donors (Lipinski definition) is 0. The third-order valence-electron chi connectivity index (χ3n) is 5.69. The van der Waals surface area contributed by atoms with Crippen molar-refractivity contribution in [1.82, 2.24) is 19.6 Å². The zero-order chi connectivity index (χ0) is 21.3. The molecule has 2 aromatic rings. The van der Waals surface area contributed by atoms with Gasteiger partial charge in [-0.3, -0.25) is 14.5 Å². The Bertz CT molecular complexity index is 1110. The molecule has 1 atom stereocenters. The molecule has 0 bridgehead atoms. The van der Waals surface area contributed by atoms with Crippen LogP contribution in [0.2, 0.25) is 5.02 Å². The van der Waals surface area contributed by atoms with Crippen molar-refractivity contribution in [2.75, 3.05) is 37.7 Å². The van der Waals surface area contributed by atoms with E-state index < -0.39 is 9.84 Å². The maximum atomic E-state index is 12.8. The first-order valence-corrected chi connectivity index (χ1v) is 12.1. The first kappa shape index (κ1) is 21.0. The lowest BCUT2D eigenvalue weighted by Gasteiger charge is -2.37. The molecule has 2 aliphatic heterocycles. The summed E-state index contributed by atoms with van der Waals surface area (Å²) in [5, 5.41) is 4.85. The van der Waals surface area contributed by atoms with Gasteiger partial charge in [-0.1, -0.05) is 29.8 Å². The van der Waals surface area contributed by atoms with E-state index in [9.17, 15) is 18.0 Å². The van der Waals surface area contributed by atoms with Crippen LogP contribution in [0, 0.1) is 0 Å². The minimum Gasteiger partial charge on any atom is -0.339 e. The summed E-state index contributed by atoms with van der Waals surface area (Å²) < 4.78 is 24.6. The van der Waals surface area contributed by atoms with Gasteiger partial charge in [-0.2, -0.15) is 5.10 Å². The topological polar surface area (TPSA) is 92.6 Å². The SMILES string of the molecule is O=C(Cn1nc(-c2ccccc2Cl)ccc1=O)N1CCN([C@H]2CCS(=O)(=O)C2)CC1. The minimum atomic E-state index is -2.93. The number of halogens is 1. The predicted molar refractivity (Wildman–Crippen MR) is 114 cm³/mol. The van der Waals surface area contributed by atoms with Crippen molar-refractivity contribution in [1.29, 1.82) is 0 Å². The molecule has 4 rings (SSSR count). The van der Waals surface area contributed by atoms with Crippen LogP contribution in [0.1, 0.15) is 6.42 Å². The number of piperazine rings is 1. The van der Waals surface area contributed by atoms with E-state index in [-0.39, 0.29) is 35.6 Å². The summed E-state index contributed by atoms with van der Waals surface area (Å²) >= 11 is 6.22. The Hall–Kier alpha value is -2.23. The van der Waals surface area contributed by atoms with Gasteiger partial charge in [0.1, 0.15) is 6.54 Å². The molecule has 0 aliphatic carbocycles. The fourth-order valence-electron chi connectivity index (χ4n) is 4.00. The molecule has 0 unspecified atom stereocenters. The van der Waals surface area contributed by atoms with Gasteiger partial charge in [-0.15, -0.1) is 0 Å². The Morgan fingerprint density at radius 2 is 1.83 bits per heavy atom. The van der Waals surface area contributed by atoms with Crippen molar-refractivity contribution in [2.24, 2.45) is 0 Å². The van der Waals surface area contributed by atoms with Gasteiger partial charge in [-0.25, -0.2) is 13.1 Å².